The van der Waals surface area contributed by atoms with Crippen molar-refractivity contribution < 1.29 is 4.74 Å². The number of anilines is 1. The van der Waals surface area contributed by atoms with Crippen LogP contribution in [0.4, 0.5) is 5.69 Å². The molecule has 2 nitrogen and oxygen atoms in total. The lowest BCUT2D eigenvalue weighted by molar-refractivity contribution is 0.195. The van der Waals surface area contributed by atoms with E-state index in [-0.39, 0.29) is 0 Å². The number of ether oxygens (including phenoxy) is 1. The Labute approximate surface area is 104 Å². The van der Waals surface area contributed by atoms with Crippen molar-refractivity contribution in [1.82, 2.24) is 0 Å². The Morgan fingerprint density at radius 3 is 2.93 bits per heavy atom. The minimum atomic E-state index is 0.515. The number of methoxy groups -OCH3 is 1. The van der Waals surface area contributed by atoms with Crippen molar-refractivity contribution in [1.29, 1.82) is 0 Å². The molecule has 0 spiro atoms. The second-order valence-corrected chi connectivity index (χ2v) is 5.79. The van der Waals surface area contributed by atoms with Crippen LogP contribution in [0.25, 0.3) is 0 Å². The lowest BCUT2D eigenvalue weighted by atomic mass is 10.3. The van der Waals surface area contributed by atoms with Gasteiger partial charge in [-0.3, -0.25) is 0 Å². The van der Waals surface area contributed by atoms with Crippen molar-refractivity contribution in [2.75, 3.05) is 19.5 Å². The van der Waals surface area contributed by atoms with Gasteiger partial charge in [0, 0.05) is 34.0 Å². The van der Waals surface area contributed by atoms with E-state index in [0.29, 0.717) is 5.25 Å². The van der Waals surface area contributed by atoms with E-state index in [1.807, 2.05) is 12.1 Å². The van der Waals surface area contributed by atoms with E-state index in [0.717, 1.165) is 28.1 Å². The molecule has 0 radical (unpaired) electrons. The van der Waals surface area contributed by atoms with Crippen LogP contribution in [0.3, 0.4) is 0 Å². The number of thioether (sulfide) groups is 1. The number of nitrogen functional groups attached to an aromatic ring is 1. The van der Waals surface area contributed by atoms with Crippen molar-refractivity contribution in [3.05, 3.63) is 22.7 Å². The van der Waals surface area contributed by atoms with Crippen molar-refractivity contribution in [2.45, 2.75) is 23.5 Å². The van der Waals surface area contributed by atoms with Crippen LogP contribution in [0.15, 0.2) is 27.6 Å². The van der Waals surface area contributed by atoms with Gasteiger partial charge in [-0.05, 0) is 24.6 Å². The van der Waals surface area contributed by atoms with Crippen LogP contribution in [0.1, 0.15) is 13.3 Å². The first-order valence-corrected chi connectivity index (χ1v) is 6.51. The fraction of sp³-hybridized carbons (Fsp3) is 0.455. The molecular weight excluding hydrogens is 274 g/mol. The lowest BCUT2D eigenvalue weighted by Crippen LogP contribution is -2.02. The number of halogens is 1. The first kappa shape index (κ1) is 12.9. The first-order chi connectivity index (χ1) is 7.13. The second kappa shape index (κ2) is 6.40. The fourth-order valence-corrected chi connectivity index (χ4v) is 2.73. The molecule has 1 rings (SSSR count). The van der Waals surface area contributed by atoms with E-state index >= 15 is 0 Å². The summed E-state index contributed by atoms with van der Waals surface area (Å²) in [4.78, 5) is 1.13. The molecule has 0 saturated carbocycles. The van der Waals surface area contributed by atoms with Gasteiger partial charge in [0.15, 0.2) is 0 Å². The summed E-state index contributed by atoms with van der Waals surface area (Å²) < 4.78 is 6.12. The molecule has 0 aromatic heterocycles. The summed E-state index contributed by atoms with van der Waals surface area (Å²) in [5.74, 6) is 0. The molecule has 1 aromatic rings. The molecule has 0 aliphatic carbocycles. The van der Waals surface area contributed by atoms with Gasteiger partial charge in [-0.25, -0.2) is 0 Å². The standard InChI is InChI=1S/C11H16BrNOS/c1-8(5-6-14-2)15-11-7-9(12)3-4-10(11)13/h3-4,7-8H,5-6,13H2,1-2H3. The quantitative estimate of drug-likeness (QED) is 0.665. The number of nitrogens with two attached hydrogens (primary N) is 1. The lowest BCUT2D eigenvalue weighted by Gasteiger charge is -2.12. The van der Waals surface area contributed by atoms with Gasteiger partial charge in [0.1, 0.15) is 0 Å². The third-order valence-electron chi connectivity index (χ3n) is 2.03. The van der Waals surface area contributed by atoms with Crippen LogP contribution >= 0.6 is 27.7 Å². The Bertz CT molecular complexity index is 319. The Morgan fingerprint density at radius 1 is 1.53 bits per heavy atom. The van der Waals surface area contributed by atoms with Gasteiger partial charge in [0.25, 0.3) is 0 Å². The van der Waals surface area contributed by atoms with Gasteiger partial charge in [0.05, 0.1) is 0 Å². The van der Waals surface area contributed by atoms with Crippen LogP contribution in [0.5, 0.6) is 0 Å². The van der Waals surface area contributed by atoms with Crippen LogP contribution in [-0.4, -0.2) is 19.0 Å². The van der Waals surface area contributed by atoms with Crippen molar-refractivity contribution in [3.8, 4) is 0 Å². The summed E-state index contributed by atoms with van der Waals surface area (Å²) in [7, 11) is 1.73. The number of rotatable bonds is 5. The largest absolute Gasteiger partial charge is 0.398 e. The molecule has 1 atom stereocenters. The summed E-state index contributed by atoms with van der Waals surface area (Å²) in [5, 5.41) is 0.515. The van der Waals surface area contributed by atoms with E-state index in [1.54, 1.807) is 18.9 Å². The van der Waals surface area contributed by atoms with Gasteiger partial charge in [-0.15, -0.1) is 11.8 Å². The van der Waals surface area contributed by atoms with E-state index in [4.69, 9.17) is 10.5 Å². The maximum atomic E-state index is 5.89. The van der Waals surface area contributed by atoms with E-state index in [9.17, 15) is 0 Å². The molecule has 0 aliphatic rings. The molecule has 0 amide bonds. The predicted octanol–water partition coefficient (Wildman–Crippen LogP) is 3.55. The number of hydrogen-bond acceptors (Lipinski definition) is 3. The topological polar surface area (TPSA) is 35.2 Å². The van der Waals surface area contributed by atoms with Crippen LogP contribution in [0.2, 0.25) is 0 Å². The Balaban J connectivity index is 2.59. The first-order valence-electron chi connectivity index (χ1n) is 4.84. The second-order valence-electron chi connectivity index (χ2n) is 3.39. The fourth-order valence-electron chi connectivity index (χ4n) is 1.17. The molecule has 0 saturated heterocycles. The summed E-state index contributed by atoms with van der Waals surface area (Å²) in [6.45, 7) is 2.98. The van der Waals surface area contributed by atoms with Crippen LogP contribution < -0.4 is 5.73 Å². The molecular formula is C11H16BrNOS. The Hall–Kier alpha value is -0.190. The highest BCUT2D eigenvalue weighted by Crippen LogP contribution is 2.32. The zero-order valence-electron chi connectivity index (χ0n) is 9.00. The van der Waals surface area contributed by atoms with Crippen molar-refractivity contribution in [3.63, 3.8) is 0 Å². The molecule has 0 heterocycles. The molecule has 84 valence electrons. The van der Waals surface area contributed by atoms with Gasteiger partial charge in [0.2, 0.25) is 0 Å². The Kier molecular flexibility index (Phi) is 5.50. The van der Waals surface area contributed by atoms with Crippen LogP contribution in [0, 0.1) is 0 Å². The van der Waals surface area contributed by atoms with Crippen LogP contribution in [-0.2, 0) is 4.74 Å². The maximum absolute atomic E-state index is 5.89. The van der Waals surface area contributed by atoms with Gasteiger partial charge < -0.3 is 10.5 Å². The molecule has 2 N–H and O–H groups in total. The Morgan fingerprint density at radius 2 is 2.27 bits per heavy atom. The number of benzene rings is 1. The molecule has 1 unspecified atom stereocenters. The molecule has 0 bridgehead atoms. The zero-order chi connectivity index (χ0) is 11.3. The minimum absolute atomic E-state index is 0.515. The van der Waals surface area contributed by atoms with Gasteiger partial charge in [-0.1, -0.05) is 22.9 Å². The smallest absolute Gasteiger partial charge is 0.0472 e. The minimum Gasteiger partial charge on any atom is -0.398 e. The molecule has 4 heteroatoms. The maximum Gasteiger partial charge on any atom is 0.0472 e. The normalized spacial score (nSPS) is 12.7. The van der Waals surface area contributed by atoms with Crippen molar-refractivity contribution >= 4 is 33.4 Å². The third kappa shape index (κ3) is 4.45. The summed E-state index contributed by atoms with van der Waals surface area (Å²) in [5.41, 5.74) is 6.73. The average molecular weight is 290 g/mol. The summed E-state index contributed by atoms with van der Waals surface area (Å²) in [6.07, 6.45) is 1.03. The monoisotopic (exact) mass is 289 g/mol. The average Bonchev–Trinajstić information content (AvgIpc) is 2.20. The highest BCUT2D eigenvalue weighted by molar-refractivity contribution is 9.10. The molecule has 0 fully saturated rings. The predicted molar refractivity (Wildman–Crippen MR) is 70.4 cm³/mol. The number of hydrogen-bond donors (Lipinski definition) is 1. The van der Waals surface area contributed by atoms with E-state index < -0.39 is 0 Å². The summed E-state index contributed by atoms with van der Waals surface area (Å²) in [6, 6.07) is 5.94. The SMILES string of the molecule is COCCC(C)Sc1cc(Br)ccc1N. The highest BCUT2D eigenvalue weighted by Gasteiger charge is 2.07. The van der Waals surface area contributed by atoms with Gasteiger partial charge in [-0.2, -0.15) is 0 Å². The summed E-state index contributed by atoms with van der Waals surface area (Å²) >= 11 is 5.23. The highest BCUT2D eigenvalue weighted by atomic mass is 79.9. The van der Waals surface area contributed by atoms with Crippen molar-refractivity contribution in [2.24, 2.45) is 0 Å². The van der Waals surface area contributed by atoms with E-state index in [1.165, 1.54) is 0 Å². The van der Waals surface area contributed by atoms with Gasteiger partial charge >= 0.3 is 0 Å². The molecule has 15 heavy (non-hydrogen) atoms. The third-order valence-corrected chi connectivity index (χ3v) is 3.77. The molecule has 0 aliphatic heterocycles. The zero-order valence-corrected chi connectivity index (χ0v) is 11.4. The van der Waals surface area contributed by atoms with E-state index in [2.05, 4.69) is 28.9 Å². The molecule has 1 aromatic carbocycles.